The van der Waals surface area contributed by atoms with Crippen molar-refractivity contribution in [3.8, 4) is 5.75 Å². The summed E-state index contributed by atoms with van der Waals surface area (Å²) >= 11 is 13.0. The molecule has 0 saturated carbocycles. The minimum Gasteiger partial charge on any atom is -0.484 e. The summed E-state index contributed by atoms with van der Waals surface area (Å²) in [4.78, 5) is 12.1. The molecule has 2 aliphatic rings. The molecule has 1 unspecified atom stereocenters. The van der Waals surface area contributed by atoms with Gasteiger partial charge in [-0.05, 0) is 54.4 Å². The van der Waals surface area contributed by atoms with E-state index in [9.17, 15) is 4.79 Å². The standard InChI is InChI=1S/C19H22Cl2N2O2/c1-2-5-19-6-3-11-8-14(25-10-15(22)23)17(20)18(21)16(11)13(19)9-12(24)4-7-19/h8-9H,2-7,10H2,1H3,(H3,22,23). The Labute approximate surface area is 157 Å². The number of carbonyl (C=O) groups excluding carboxylic acids is 1. The second kappa shape index (κ2) is 7.00. The molecular formula is C19H22Cl2N2O2. The number of hydrogen-bond acceptors (Lipinski definition) is 3. The Morgan fingerprint density at radius 3 is 2.72 bits per heavy atom. The van der Waals surface area contributed by atoms with Crippen molar-refractivity contribution >= 4 is 40.4 Å². The van der Waals surface area contributed by atoms with Crippen LogP contribution in [0.5, 0.6) is 5.75 Å². The van der Waals surface area contributed by atoms with Gasteiger partial charge in [0.2, 0.25) is 0 Å². The first-order valence-electron chi connectivity index (χ1n) is 8.60. The fourth-order valence-electron chi connectivity index (χ4n) is 4.12. The molecule has 0 aliphatic heterocycles. The number of nitrogens with one attached hydrogen (secondary N) is 1. The molecule has 1 aromatic carbocycles. The third-order valence-corrected chi connectivity index (χ3v) is 6.09. The first-order valence-corrected chi connectivity index (χ1v) is 9.35. The van der Waals surface area contributed by atoms with E-state index in [4.69, 9.17) is 39.1 Å². The minimum absolute atomic E-state index is 0.0182. The Morgan fingerprint density at radius 1 is 1.32 bits per heavy atom. The number of aryl methyl sites for hydroxylation is 1. The number of halogens is 2. The van der Waals surface area contributed by atoms with Crippen molar-refractivity contribution < 1.29 is 9.53 Å². The maximum atomic E-state index is 12.1. The second-order valence-electron chi connectivity index (χ2n) is 6.91. The lowest BCUT2D eigenvalue weighted by Gasteiger charge is -2.43. The summed E-state index contributed by atoms with van der Waals surface area (Å²) < 4.78 is 5.52. The smallest absolute Gasteiger partial charge is 0.156 e. The first kappa shape index (κ1) is 18.3. The number of carbonyl (C=O) groups is 1. The number of amidine groups is 1. The van der Waals surface area contributed by atoms with Gasteiger partial charge in [0.25, 0.3) is 0 Å². The van der Waals surface area contributed by atoms with Crippen LogP contribution in [0.2, 0.25) is 10.0 Å². The minimum atomic E-state index is -0.0764. The molecule has 4 nitrogen and oxygen atoms in total. The van der Waals surface area contributed by atoms with E-state index in [2.05, 4.69) is 6.92 Å². The zero-order valence-electron chi connectivity index (χ0n) is 14.3. The van der Waals surface area contributed by atoms with Crippen LogP contribution in [0.4, 0.5) is 0 Å². The third-order valence-electron chi connectivity index (χ3n) is 5.24. The van der Waals surface area contributed by atoms with E-state index >= 15 is 0 Å². The third kappa shape index (κ3) is 3.30. The number of allylic oxidation sites excluding steroid dienone is 2. The highest BCUT2D eigenvalue weighted by Crippen LogP contribution is 2.56. The summed E-state index contributed by atoms with van der Waals surface area (Å²) in [5.41, 5.74) is 8.35. The van der Waals surface area contributed by atoms with Gasteiger partial charge < -0.3 is 10.5 Å². The van der Waals surface area contributed by atoms with Gasteiger partial charge in [-0.2, -0.15) is 0 Å². The topological polar surface area (TPSA) is 76.2 Å². The number of nitrogens with two attached hydrogens (primary N) is 1. The van der Waals surface area contributed by atoms with E-state index < -0.39 is 0 Å². The molecule has 0 amide bonds. The molecule has 0 fully saturated rings. The summed E-state index contributed by atoms with van der Waals surface area (Å²) in [6.07, 6.45) is 7.22. The maximum Gasteiger partial charge on any atom is 0.156 e. The molecule has 0 radical (unpaired) electrons. The number of hydrogen-bond donors (Lipinski definition) is 2. The molecule has 0 saturated heterocycles. The molecule has 0 heterocycles. The van der Waals surface area contributed by atoms with Crippen LogP contribution in [-0.4, -0.2) is 18.2 Å². The van der Waals surface area contributed by atoms with Gasteiger partial charge in [-0.1, -0.05) is 36.5 Å². The fourth-order valence-corrected chi connectivity index (χ4v) is 4.64. The molecular weight excluding hydrogens is 359 g/mol. The number of rotatable bonds is 5. The number of benzene rings is 1. The molecule has 134 valence electrons. The molecule has 3 rings (SSSR count). The Morgan fingerprint density at radius 2 is 2.04 bits per heavy atom. The molecule has 0 bridgehead atoms. The Bertz CT molecular complexity index is 773. The molecule has 6 heteroatoms. The van der Waals surface area contributed by atoms with Gasteiger partial charge >= 0.3 is 0 Å². The molecule has 2 aliphatic carbocycles. The summed E-state index contributed by atoms with van der Waals surface area (Å²) in [7, 11) is 0. The van der Waals surface area contributed by atoms with Crippen molar-refractivity contribution in [1.29, 1.82) is 5.41 Å². The zero-order chi connectivity index (χ0) is 18.2. The average molecular weight is 381 g/mol. The van der Waals surface area contributed by atoms with E-state index in [0.717, 1.165) is 48.8 Å². The van der Waals surface area contributed by atoms with E-state index in [1.165, 1.54) is 0 Å². The number of ketones is 1. The van der Waals surface area contributed by atoms with Gasteiger partial charge in [-0.15, -0.1) is 0 Å². The Balaban J connectivity index is 2.11. The largest absolute Gasteiger partial charge is 0.484 e. The SMILES string of the molecule is CCCC12CCC(=O)C=C1c1c(cc(OCC(=N)N)c(Cl)c1Cl)CC2. The highest BCUT2D eigenvalue weighted by atomic mass is 35.5. The van der Waals surface area contributed by atoms with Crippen LogP contribution >= 0.6 is 23.2 Å². The van der Waals surface area contributed by atoms with Crippen LogP contribution in [0.3, 0.4) is 0 Å². The first-order chi connectivity index (χ1) is 11.9. The Hall–Kier alpha value is -1.52. The second-order valence-corrected chi connectivity index (χ2v) is 7.66. The van der Waals surface area contributed by atoms with Gasteiger partial charge in [0, 0.05) is 12.0 Å². The van der Waals surface area contributed by atoms with Crippen molar-refractivity contribution in [3.63, 3.8) is 0 Å². The van der Waals surface area contributed by atoms with Crippen LogP contribution in [0.1, 0.15) is 50.2 Å². The summed E-state index contributed by atoms with van der Waals surface area (Å²) in [5, 5.41) is 8.04. The monoisotopic (exact) mass is 380 g/mol. The molecule has 1 aromatic rings. The van der Waals surface area contributed by atoms with Gasteiger partial charge in [0.1, 0.15) is 23.2 Å². The summed E-state index contributed by atoms with van der Waals surface area (Å²) in [6, 6.07) is 1.88. The highest BCUT2D eigenvalue weighted by Gasteiger charge is 2.42. The van der Waals surface area contributed by atoms with Crippen molar-refractivity contribution in [3.05, 3.63) is 33.3 Å². The van der Waals surface area contributed by atoms with Crippen molar-refractivity contribution in [2.75, 3.05) is 6.61 Å². The molecule has 25 heavy (non-hydrogen) atoms. The highest BCUT2D eigenvalue weighted by molar-refractivity contribution is 6.44. The number of ether oxygens (including phenoxy) is 1. The predicted octanol–water partition coefficient (Wildman–Crippen LogP) is 4.79. The van der Waals surface area contributed by atoms with E-state index in [0.29, 0.717) is 22.2 Å². The lowest BCUT2D eigenvalue weighted by molar-refractivity contribution is -0.115. The summed E-state index contributed by atoms with van der Waals surface area (Å²) in [5.74, 6) is 0.512. The lowest BCUT2D eigenvalue weighted by Crippen LogP contribution is -2.32. The van der Waals surface area contributed by atoms with Crippen LogP contribution in [-0.2, 0) is 11.2 Å². The molecule has 0 spiro atoms. The van der Waals surface area contributed by atoms with Crippen LogP contribution < -0.4 is 10.5 Å². The summed E-state index contributed by atoms with van der Waals surface area (Å²) in [6.45, 7) is 2.14. The maximum absolute atomic E-state index is 12.1. The van der Waals surface area contributed by atoms with Crippen LogP contribution in [0, 0.1) is 10.8 Å². The molecule has 0 aromatic heterocycles. The van der Waals surface area contributed by atoms with E-state index in [1.54, 1.807) is 6.08 Å². The van der Waals surface area contributed by atoms with Crippen molar-refractivity contribution in [2.45, 2.75) is 45.4 Å². The predicted molar refractivity (Wildman–Crippen MR) is 102 cm³/mol. The molecule has 1 atom stereocenters. The van der Waals surface area contributed by atoms with E-state index in [1.807, 2.05) is 6.07 Å². The number of fused-ring (bicyclic) bond motifs is 3. The quantitative estimate of drug-likeness (QED) is 0.569. The van der Waals surface area contributed by atoms with Crippen LogP contribution in [0.25, 0.3) is 5.57 Å². The van der Waals surface area contributed by atoms with Gasteiger partial charge in [-0.25, -0.2) is 0 Å². The Kier molecular flexibility index (Phi) is 5.12. The van der Waals surface area contributed by atoms with Crippen molar-refractivity contribution in [2.24, 2.45) is 11.1 Å². The van der Waals surface area contributed by atoms with Gasteiger partial charge in [0.15, 0.2) is 5.78 Å². The zero-order valence-corrected chi connectivity index (χ0v) is 15.8. The van der Waals surface area contributed by atoms with E-state index in [-0.39, 0.29) is 23.6 Å². The normalized spacial score (nSPS) is 22.0. The lowest BCUT2D eigenvalue weighted by atomic mass is 9.61. The van der Waals surface area contributed by atoms with Crippen molar-refractivity contribution in [1.82, 2.24) is 0 Å². The van der Waals surface area contributed by atoms with Gasteiger partial charge in [-0.3, -0.25) is 10.2 Å². The van der Waals surface area contributed by atoms with Gasteiger partial charge in [0.05, 0.1) is 5.02 Å². The molecule has 3 N–H and O–H groups in total. The fraction of sp³-hybridized carbons (Fsp3) is 0.474. The average Bonchev–Trinajstić information content (AvgIpc) is 2.57. The van der Waals surface area contributed by atoms with Crippen LogP contribution in [0.15, 0.2) is 12.1 Å².